The third-order valence-corrected chi connectivity index (χ3v) is 6.43. The maximum absolute atomic E-state index is 12.2. The van der Waals surface area contributed by atoms with Crippen LogP contribution >= 0.6 is 0 Å². The zero-order valence-electron chi connectivity index (χ0n) is 29.0. The Hall–Kier alpha value is -4.53. The molecule has 272 valence electrons. The number of hydroxylamine groups is 1. The molecule has 2 aromatic carbocycles. The SMILES string of the molecule is CC(C)C[C@H](NOC(=O)[C@H](C)NC(=O)OC(C)(C)C)[C@@H](O)CC(=O)OCc1ccccc1.N[C@@H](CCC(=O)OCc1ccccc1)C(=O)O. The van der Waals surface area contributed by atoms with Crippen molar-refractivity contribution in [2.45, 2.75) is 110 Å². The monoisotopic (exact) mass is 689 g/mol. The first-order valence-electron chi connectivity index (χ1n) is 16.0. The Labute approximate surface area is 287 Å². The second kappa shape index (κ2) is 22.2. The van der Waals surface area contributed by atoms with Crippen LogP contribution in [0.1, 0.15) is 78.4 Å². The van der Waals surface area contributed by atoms with Gasteiger partial charge in [-0.05, 0) is 57.6 Å². The summed E-state index contributed by atoms with van der Waals surface area (Å²) in [5, 5.41) is 21.4. The molecule has 2 aromatic rings. The number of hydrogen-bond acceptors (Lipinski definition) is 12. The van der Waals surface area contributed by atoms with Crippen LogP contribution in [0.25, 0.3) is 0 Å². The first-order chi connectivity index (χ1) is 23.0. The predicted molar refractivity (Wildman–Crippen MR) is 179 cm³/mol. The molecule has 0 aliphatic rings. The first kappa shape index (κ1) is 42.5. The molecule has 0 radical (unpaired) electrons. The summed E-state index contributed by atoms with van der Waals surface area (Å²) < 4.78 is 15.3. The molecule has 0 aromatic heterocycles. The molecule has 1 amide bonds. The quantitative estimate of drug-likeness (QED) is 0.0910. The number of carbonyl (C=O) groups is 5. The van der Waals surface area contributed by atoms with E-state index in [1.54, 1.807) is 20.8 Å². The third kappa shape index (κ3) is 20.4. The highest BCUT2D eigenvalue weighted by Gasteiger charge is 2.27. The zero-order chi connectivity index (χ0) is 37.0. The lowest BCUT2D eigenvalue weighted by Crippen LogP contribution is -2.47. The van der Waals surface area contributed by atoms with Crippen molar-refractivity contribution in [1.29, 1.82) is 0 Å². The largest absolute Gasteiger partial charge is 0.480 e. The number of carbonyl (C=O) groups excluding carboxylic acids is 4. The summed E-state index contributed by atoms with van der Waals surface area (Å²) in [5.41, 5.74) is 8.83. The molecule has 4 atom stereocenters. The number of hydrogen-bond donors (Lipinski definition) is 5. The Morgan fingerprint density at radius 1 is 0.837 bits per heavy atom. The van der Waals surface area contributed by atoms with Crippen LogP contribution in [0.15, 0.2) is 60.7 Å². The minimum Gasteiger partial charge on any atom is -0.480 e. The lowest BCUT2D eigenvalue weighted by atomic mass is 9.98. The van der Waals surface area contributed by atoms with Gasteiger partial charge in [-0.15, -0.1) is 5.48 Å². The molecule has 0 bridgehead atoms. The summed E-state index contributed by atoms with van der Waals surface area (Å²) in [6.45, 7) is 10.7. The van der Waals surface area contributed by atoms with Crippen LogP contribution in [0, 0.1) is 5.92 Å². The van der Waals surface area contributed by atoms with Gasteiger partial charge in [0, 0.05) is 6.42 Å². The van der Waals surface area contributed by atoms with Gasteiger partial charge in [-0.3, -0.25) is 14.4 Å². The molecule has 49 heavy (non-hydrogen) atoms. The number of amides is 1. The first-order valence-corrected chi connectivity index (χ1v) is 16.0. The molecule has 0 aliphatic carbocycles. The molecule has 6 N–H and O–H groups in total. The molecule has 0 heterocycles. The highest BCUT2D eigenvalue weighted by molar-refractivity contribution is 5.80. The van der Waals surface area contributed by atoms with Crippen LogP contribution in [-0.2, 0) is 51.4 Å². The van der Waals surface area contributed by atoms with Crippen molar-refractivity contribution in [3.63, 3.8) is 0 Å². The molecule has 0 spiro atoms. The molecule has 14 heteroatoms. The minimum atomic E-state index is -1.14. The Morgan fingerprint density at radius 3 is 1.82 bits per heavy atom. The molecule has 0 fully saturated rings. The number of esters is 2. The molecule has 2 rings (SSSR count). The maximum atomic E-state index is 12.2. The number of aliphatic hydroxyl groups excluding tert-OH is 1. The highest BCUT2D eigenvalue weighted by Crippen LogP contribution is 2.13. The van der Waals surface area contributed by atoms with Gasteiger partial charge in [0.15, 0.2) is 0 Å². The topological polar surface area (TPSA) is 213 Å². The number of ether oxygens (including phenoxy) is 3. The summed E-state index contributed by atoms with van der Waals surface area (Å²) in [6, 6.07) is 15.8. The Balaban J connectivity index is 0.000000591. The standard InChI is InChI=1S/C23H36N2O7.C12H15NO4/c1-15(2)12-18(19(26)13-20(27)30-14-17-10-8-7-9-11-17)25-32-21(28)16(3)24-22(29)31-23(4,5)6;13-10(12(15)16)6-7-11(14)17-8-9-4-2-1-3-5-9/h7-11,15-16,18-19,25-26H,12-14H2,1-6H3,(H,24,29);1-5,10H,6-8,13H2,(H,15,16)/t16-,18-,19-;10-/m00/s1. The predicted octanol–water partition coefficient (Wildman–Crippen LogP) is 3.78. The Morgan fingerprint density at radius 2 is 1.35 bits per heavy atom. The summed E-state index contributed by atoms with van der Waals surface area (Å²) in [5.74, 6) is -2.73. The van der Waals surface area contributed by atoms with E-state index in [4.69, 9.17) is 29.9 Å². The number of carboxylic acids is 1. The van der Waals surface area contributed by atoms with Gasteiger partial charge in [0.1, 0.15) is 30.9 Å². The lowest BCUT2D eigenvalue weighted by Gasteiger charge is -2.25. The zero-order valence-corrected chi connectivity index (χ0v) is 29.0. The lowest BCUT2D eigenvalue weighted by molar-refractivity contribution is -0.158. The van der Waals surface area contributed by atoms with E-state index in [1.807, 2.05) is 74.5 Å². The van der Waals surface area contributed by atoms with Gasteiger partial charge in [0.2, 0.25) is 0 Å². The third-order valence-electron chi connectivity index (χ3n) is 6.43. The van der Waals surface area contributed by atoms with Gasteiger partial charge in [0.05, 0.1) is 18.6 Å². The second-order valence-corrected chi connectivity index (χ2v) is 12.7. The summed E-state index contributed by atoms with van der Waals surface area (Å²) in [4.78, 5) is 62.9. The van der Waals surface area contributed by atoms with E-state index in [0.29, 0.717) is 6.42 Å². The normalized spacial score (nSPS) is 13.4. The van der Waals surface area contributed by atoms with Gasteiger partial charge < -0.3 is 40.3 Å². The van der Waals surface area contributed by atoms with Crippen LogP contribution in [0.4, 0.5) is 4.79 Å². The number of aliphatic carboxylic acids is 1. The van der Waals surface area contributed by atoms with E-state index in [9.17, 15) is 29.1 Å². The van der Waals surface area contributed by atoms with Crippen LogP contribution in [0.2, 0.25) is 0 Å². The van der Waals surface area contributed by atoms with E-state index < -0.39 is 59.8 Å². The van der Waals surface area contributed by atoms with Crippen molar-refractivity contribution in [1.82, 2.24) is 10.8 Å². The molecular weight excluding hydrogens is 638 g/mol. The van der Waals surface area contributed by atoms with Crippen molar-refractivity contribution in [3.05, 3.63) is 71.8 Å². The molecule has 0 saturated carbocycles. The fourth-order valence-corrected chi connectivity index (χ4v) is 3.87. The molecule has 0 saturated heterocycles. The van der Waals surface area contributed by atoms with E-state index >= 15 is 0 Å². The van der Waals surface area contributed by atoms with E-state index in [0.717, 1.165) is 11.1 Å². The number of benzene rings is 2. The van der Waals surface area contributed by atoms with Crippen molar-refractivity contribution >= 4 is 30.0 Å². The van der Waals surface area contributed by atoms with Gasteiger partial charge in [-0.1, -0.05) is 74.5 Å². The second-order valence-electron chi connectivity index (χ2n) is 12.7. The van der Waals surface area contributed by atoms with Crippen molar-refractivity contribution in [3.8, 4) is 0 Å². The minimum absolute atomic E-state index is 0.0142. The van der Waals surface area contributed by atoms with Crippen molar-refractivity contribution < 1.29 is 53.2 Å². The Kier molecular flexibility index (Phi) is 19.2. The number of nitrogens with one attached hydrogen (secondary N) is 2. The number of rotatable bonds is 17. The van der Waals surface area contributed by atoms with Crippen LogP contribution < -0.4 is 16.5 Å². The maximum Gasteiger partial charge on any atom is 0.408 e. The summed E-state index contributed by atoms with van der Waals surface area (Å²) >= 11 is 0. The molecule has 0 unspecified atom stereocenters. The fourth-order valence-electron chi connectivity index (χ4n) is 3.87. The molecule has 14 nitrogen and oxygen atoms in total. The van der Waals surface area contributed by atoms with Gasteiger partial charge in [-0.2, -0.15) is 0 Å². The number of carboxylic acid groups (broad SMARTS) is 1. The van der Waals surface area contributed by atoms with Gasteiger partial charge >= 0.3 is 30.0 Å². The van der Waals surface area contributed by atoms with Crippen molar-refractivity contribution in [2.75, 3.05) is 0 Å². The van der Waals surface area contributed by atoms with Crippen LogP contribution in [0.5, 0.6) is 0 Å². The van der Waals surface area contributed by atoms with E-state index in [-0.39, 0.29) is 38.4 Å². The van der Waals surface area contributed by atoms with Gasteiger partial charge in [0.25, 0.3) is 0 Å². The highest BCUT2D eigenvalue weighted by atomic mass is 16.7. The molecular formula is C35H51N3O11. The average Bonchev–Trinajstić information content (AvgIpc) is 3.03. The van der Waals surface area contributed by atoms with E-state index in [2.05, 4.69) is 10.8 Å². The Bertz CT molecular complexity index is 1300. The van der Waals surface area contributed by atoms with Crippen LogP contribution in [-0.4, -0.2) is 70.0 Å². The summed E-state index contributed by atoms with van der Waals surface area (Å²) in [7, 11) is 0. The van der Waals surface area contributed by atoms with Crippen LogP contribution in [0.3, 0.4) is 0 Å². The average molecular weight is 690 g/mol. The number of aliphatic hydroxyl groups is 1. The summed E-state index contributed by atoms with van der Waals surface area (Å²) in [6.07, 6.45) is -1.61. The molecule has 0 aliphatic heterocycles. The number of nitrogens with two attached hydrogens (primary N) is 1. The smallest absolute Gasteiger partial charge is 0.408 e. The number of alkyl carbamates (subject to hydrolysis) is 1. The van der Waals surface area contributed by atoms with E-state index in [1.165, 1.54) is 6.92 Å². The van der Waals surface area contributed by atoms with Gasteiger partial charge in [-0.25, -0.2) is 9.59 Å². The fraction of sp³-hybridized carbons (Fsp3) is 0.514. The van der Waals surface area contributed by atoms with Crippen molar-refractivity contribution in [2.24, 2.45) is 11.7 Å².